The minimum Gasteiger partial charge on any atom is -0.462 e. The average Bonchev–Trinajstić information content (AvgIpc) is 2.49. The van der Waals surface area contributed by atoms with Crippen LogP contribution in [0.1, 0.15) is 67.3 Å². The summed E-state index contributed by atoms with van der Waals surface area (Å²) >= 11 is 0. The molecule has 122 valence electrons. The molecule has 4 nitrogen and oxygen atoms in total. The van der Waals surface area contributed by atoms with E-state index in [2.05, 4.69) is 0 Å². The maximum absolute atomic E-state index is 11.8. The molecule has 0 bridgehead atoms. The van der Waals surface area contributed by atoms with E-state index < -0.39 is 0 Å². The van der Waals surface area contributed by atoms with Gasteiger partial charge in [-0.05, 0) is 31.9 Å². The van der Waals surface area contributed by atoms with Crippen LogP contribution in [0.3, 0.4) is 0 Å². The highest BCUT2D eigenvalue weighted by Crippen LogP contribution is 2.09. The van der Waals surface area contributed by atoms with Gasteiger partial charge in [0, 0.05) is 6.42 Å². The molecule has 22 heavy (non-hydrogen) atoms. The summed E-state index contributed by atoms with van der Waals surface area (Å²) in [6.45, 7) is 2.47. The van der Waals surface area contributed by atoms with E-state index in [9.17, 15) is 9.59 Å². The summed E-state index contributed by atoms with van der Waals surface area (Å²) in [4.78, 5) is 22.3. The van der Waals surface area contributed by atoms with E-state index in [1.807, 2.05) is 19.1 Å². The average molecular weight is 305 g/mol. The third-order valence-electron chi connectivity index (χ3n) is 3.59. The molecule has 0 atom stereocenters. The lowest BCUT2D eigenvalue weighted by Gasteiger charge is -2.05. The standard InChI is InChI=1S/C18H27NO3/c1-15-10-12-16(13-11-15)18(21)22-14-8-6-4-2-3-5-7-9-17(19)20/h10-13H,2-9,14H2,1H3,(H2,19,20). The van der Waals surface area contributed by atoms with E-state index in [1.54, 1.807) is 12.1 Å². The summed E-state index contributed by atoms with van der Waals surface area (Å²) in [6, 6.07) is 7.41. The van der Waals surface area contributed by atoms with Crippen molar-refractivity contribution in [2.24, 2.45) is 5.73 Å². The van der Waals surface area contributed by atoms with Crippen LogP contribution in [0.4, 0.5) is 0 Å². The van der Waals surface area contributed by atoms with E-state index in [1.165, 1.54) is 0 Å². The largest absolute Gasteiger partial charge is 0.462 e. The van der Waals surface area contributed by atoms with Crippen molar-refractivity contribution in [2.75, 3.05) is 6.61 Å². The summed E-state index contributed by atoms with van der Waals surface area (Å²) in [5.74, 6) is -0.457. The molecule has 4 heteroatoms. The Kier molecular flexibility index (Phi) is 8.96. The van der Waals surface area contributed by atoms with Gasteiger partial charge in [0.15, 0.2) is 0 Å². The van der Waals surface area contributed by atoms with Gasteiger partial charge >= 0.3 is 5.97 Å². The number of ether oxygens (including phenoxy) is 1. The normalized spacial score (nSPS) is 10.4. The summed E-state index contributed by atoms with van der Waals surface area (Å²) in [7, 11) is 0. The fraction of sp³-hybridized carbons (Fsp3) is 0.556. The number of primary amides is 1. The maximum Gasteiger partial charge on any atom is 0.338 e. The molecule has 2 N–H and O–H groups in total. The molecule has 1 amide bonds. The van der Waals surface area contributed by atoms with Gasteiger partial charge < -0.3 is 10.5 Å². The molecule has 0 saturated heterocycles. The third-order valence-corrected chi connectivity index (χ3v) is 3.59. The number of esters is 1. The highest BCUT2D eigenvalue weighted by molar-refractivity contribution is 5.89. The number of nitrogens with two attached hydrogens (primary N) is 1. The van der Waals surface area contributed by atoms with Gasteiger partial charge in [0.25, 0.3) is 0 Å². The van der Waals surface area contributed by atoms with Gasteiger partial charge in [-0.15, -0.1) is 0 Å². The van der Waals surface area contributed by atoms with Crippen molar-refractivity contribution in [3.05, 3.63) is 35.4 Å². The topological polar surface area (TPSA) is 69.4 Å². The number of rotatable bonds is 11. The Morgan fingerprint density at radius 3 is 2.05 bits per heavy atom. The summed E-state index contributed by atoms with van der Waals surface area (Å²) in [6.07, 6.45) is 7.85. The molecule has 0 aliphatic carbocycles. The highest BCUT2D eigenvalue weighted by Gasteiger charge is 2.05. The smallest absolute Gasteiger partial charge is 0.338 e. The van der Waals surface area contributed by atoms with Crippen molar-refractivity contribution in [3.63, 3.8) is 0 Å². The van der Waals surface area contributed by atoms with E-state index in [-0.39, 0.29) is 11.9 Å². The first-order chi connectivity index (χ1) is 10.6. The SMILES string of the molecule is Cc1ccc(C(=O)OCCCCCCCCCC(N)=O)cc1. The van der Waals surface area contributed by atoms with Gasteiger partial charge in [0.05, 0.1) is 12.2 Å². The predicted molar refractivity (Wildman–Crippen MR) is 87.6 cm³/mol. The van der Waals surface area contributed by atoms with Crippen molar-refractivity contribution in [1.29, 1.82) is 0 Å². The van der Waals surface area contributed by atoms with Crippen molar-refractivity contribution in [3.8, 4) is 0 Å². The second kappa shape index (κ2) is 10.8. The Bertz CT molecular complexity index is 454. The third kappa shape index (κ3) is 8.45. The Hall–Kier alpha value is -1.84. The van der Waals surface area contributed by atoms with Gasteiger partial charge in [-0.1, -0.05) is 49.8 Å². The van der Waals surface area contributed by atoms with Gasteiger partial charge in [-0.2, -0.15) is 0 Å². The summed E-state index contributed by atoms with van der Waals surface area (Å²) < 4.78 is 5.25. The predicted octanol–water partition coefficient (Wildman–Crippen LogP) is 3.76. The first kappa shape index (κ1) is 18.2. The van der Waals surface area contributed by atoms with Crippen LogP contribution in [0.2, 0.25) is 0 Å². The zero-order valence-electron chi connectivity index (χ0n) is 13.5. The van der Waals surface area contributed by atoms with Gasteiger partial charge in [-0.25, -0.2) is 4.79 Å². The number of carbonyl (C=O) groups excluding carboxylic acids is 2. The second-order valence-corrected chi connectivity index (χ2v) is 5.69. The molecule has 0 aromatic heterocycles. The molecule has 0 radical (unpaired) electrons. The number of unbranched alkanes of at least 4 members (excludes halogenated alkanes) is 6. The van der Waals surface area contributed by atoms with Crippen molar-refractivity contribution < 1.29 is 14.3 Å². The number of carbonyl (C=O) groups is 2. The van der Waals surface area contributed by atoms with Crippen LogP contribution in [-0.2, 0) is 9.53 Å². The monoisotopic (exact) mass is 305 g/mol. The van der Waals surface area contributed by atoms with Crippen LogP contribution >= 0.6 is 0 Å². The van der Waals surface area contributed by atoms with Crippen LogP contribution in [0.5, 0.6) is 0 Å². The molecule has 0 fully saturated rings. The molecule has 0 saturated carbocycles. The van der Waals surface area contributed by atoms with E-state index in [4.69, 9.17) is 10.5 Å². The zero-order chi connectivity index (χ0) is 16.2. The van der Waals surface area contributed by atoms with E-state index in [0.29, 0.717) is 18.6 Å². The van der Waals surface area contributed by atoms with Crippen molar-refractivity contribution in [1.82, 2.24) is 0 Å². The Morgan fingerprint density at radius 2 is 1.45 bits per heavy atom. The quantitative estimate of drug-likeness (QED) is 0.500. The Morgan fingerprint density at radius 1 is 0.909 bits per heavy atom. The molecule has 1 aromatic rings. The van der Waals surface area contributed by atoms with Crippen LogP contribution in [-0.4, -0.2) is 18.5 Å². The lowest BCUT2D eigenvalue weighted by Crippen LogP contribution is -2.09. The maximum atomic E-state index is 11.8. The molecule has 1 aromatic carbocycles. The van der Waals surface area contributed by atoms with Crippen molar-refractivity contribution in [2.45, 2.75) is 58.3 Å². The van der Waals surface area contributed by atoms with Crippen LogP contribution in [0, 0.1) is 6.92 Å². The molecular weight excluding hydrogens is 278 g/mol. The minimum atomic E-state index is -0.244. The molecule has 0 unspecified atom stereocenters. The van der Waals surface area contributed by atoms with Crippen molar-refractivity contribution >= 4 is 11.9 Å². The summed E-state index contributed by atoms with van der Waals surface area (Å²) in [5.41, 5.74) is 6.82. The fourth-order valence-corrected chi connectivity index (χ4v) is 2.22. The zero-order valence-corrected chi connectivity index (χ0v) is 13.5. The van der Waals surface area contributed by atoms with E-state index >= 15 is 0 Å². The lowest BCUT2D eigenvalue weighted by atomic mass is 10.1. The fourth-order valence-electron chi connectivity index (χ4n) is 2.22. The lowest BCUT2D eigenvalue weighted by molar-refractivity contribution is -0.118. The number of amides is 1. The number of hydrogen-bond donors (Lipinski definition) is 1. The Balaban J connectivity index is 1.96. The number of aryl methyl sites for hydroxylation is 1. The molecule has 1 rings (SSSR count). The first-order valence-electron chi connectivity index (χ1n) is 8.11. The Labute approximate surface area is 133 Å². The second-order valence-electron chi connectivity index (χ2n) is 5.69. The van der Waals surface area contributed by atoms with Gasteiger partial charge in [0.2, 0.25) is 5.91 Å². The summed E-state index contributed by atoms with van der Waals surface area (Å²) in [5, 5.41) is 0. The van der Waals surface area contributed by atoms with Gasteiger partial charge in [0.1, 0.15) is 0 Å². The first-order valence-corrected chi connectivity index (χ1v) is 8.11. The molecule has 0 aliphatic heterocycles. The number of benzene rings is 1. The van der Waals surface area contributed by atoms with Crippen LogP contribution in [0.15, 0.2) is 24.3 Å². The molecule has 0 heterocycles. The van der Waals surface area contributed by atoms with Crippen LogP contribution in [0.25, 0.3) is 0 Å². The molecule has 0 aliphatic rings. The number of hydrogen-bond acceptors (Lipinski definition) is 3. The molecule has 0 spiro atoms. The highest BCUT2D eigenvalue weighted by atomic mass is 16.5. The van der Waals surface area contributed by atoms with Gasteiger partial charge in [-0.3, -0.25) is 4.79 Å². The minimum absolute atomic E-state index is 0.213. The molecular formula is C18H27NO3. The van der Waals surface area contributed by atoms with Crippen LogP contribution < -0.4 is 5.73 Å². The van der Waals surface area contributed by atoms with E-state index in [0.717, 1.165) is 50.5 Å².